The van der Waals surface area contributed by atoms with E-state index in [1.165, 1.54) is 11.1 Å². The van der Waals surface area contributed by atoms with Gasteiger partial charge in [-0.2, -0.15) is 0 Å². The molecule has 2 heterocycles. The summed E-state index contributed by atoms with van der Waals surface area (Å²) in [5, 5.41) is 9.96. The van der Waals surface area contributed by atoms with E-state index in [9.17, 15) is 0 Å². The molecular formula is C18H26N4OS. The SMILES string of the molecule is Cc1ccc(CSc2nnc(N3CCOCC3)n2CC(C)C)cc1. The van der Waals surface area contributed by atoms with Crippen molar-refractivity contribution >= 4 is 17.7 Å². The monoisotopic (exact) mass is 346 g/mol. The molecule has 0 radical (unpaired) electrons. The second kappa shape index (κ2) is 8.03. The van der Waals surface area contributed by atoms with Gasteiger partial charge in [-0.1, -0.05) is 55.4 Å². The van der Waals surface area contributed by atoms with E-state index in [-0.39, 0.29) is 0 Å². The van der Waals surface area contributed by atoms with Crippen LogP contribution in [-0.4, -0.2) is 41.1 Å². The van der Waals surface area contributed by atoms with E-state index >= 15 is 0 Å². The third-order valence-corrected chi connectivity index (χ3v) is 5.07. The largest absolute Gasteiger partial charge is 0.378 e. The van der Waals surface area contributed by atoms with Gasteiger partial charge in [0, 0.05) is 25.4 Å². The van der Waals surface area contributed by atoms with E-state index in [0.717, 1.165) is 49.7 Å². The zero-order valence-corrected chi connectivity index (χ0v) is 15.6. The summed E-state index contributed by atoms with van der Waals surface area (Å²) in [5.74, 6) is 2.46. The maximum atomic E-state index is 5.46. The van der Waals surface area contributed by atoms with Gasteiger partial charge in [-0.25, -0.2) is 0 Å². The average Bonchev–Trinajstić information content (AvgIpc) is 2.97. The normalized spacial score (nSPS) is 15.2. The van der Waals surface area contributed by atoms with Gasteiger partial charge < -0.3 is 9.64 Å². The summed E-state index contributed by atoms with van der Waals surface area (Å²) in [6.07, 6.45) is 0. The predicted molar refractivity (Wildman–Crippen MR) is 98.6 cm³/mol. The molecule has 1 aromatic heterocycles. The van der Waals surface area contributed by atoms with E-state index in [0.29, 0.717) is 5.92 Å². The molecule has 1 aliphatic rings. The number of benzene rings is 1. The van der Waals surface area contributed by atoms with Gasteiger partial charge in [0.2, 0.25) is 5.95 Å². The fourth-order valence-electron chi connectivity index (χ4n) is 2.74. The Morgan fingerprint density at radius 2 is 1.83 bits per heavy atom. The van der Waals surface area contributed by atoms with Crippen LogP contribution in [-0.2, 0) is 17.0 Å². The number of hydrogen-bond donors (Lipinski definition) is 0. The van der Waals surface area contributed by atoms with Crippen LogP contribution in [0.2, 0.25) is 0 Å². The second-order valence-electron chi connectivity index (χ2n) is 6.66. The summed E-state index contributed by atoms with van der Waals surface area (Å²) in [7, 11) is 0. The average molecular weight is 347 g/mol. The van der Waals surface area contributed by atoms with Crippen molar-refractivity contribution < 1.29 is 4.74 Å². The van der Waals surface area contributed by atoms with E-state index < -0.39 is 0 Å². The van der Waals surface area contributed by atoms with Crippen LogP contribution in [0.15, 0.2) is 29.4 Å². The molecule has 5 nitrogen and oxygen atoms in total. The molecule has 1 aromatic carbocycles. The Morgan fingerprint density at radius 1 is 1.12 bits per heavy atom. The van der Waals surface area contributed by atoms with Crippen molar-refractivity contribution in [1.29, 1.82) is 0 Å². The smallest absolute Gasteiger partial charge is 0.228 e. The highest BCUT2D eigenvalue weighted by atomic mass is 32.2. The van der Waals surface area contributed by atoms with Crippen molar-refractivity contribution in [2.75, 3.05) is 31.2 Å². The number of aromatic nitrogens is 3. The number of thioether (sulfide) groups is 1. The molecule has 0 N–H and O–H groups in total. The highest BCUT2D eigenvalue weighted by Crippen LogP contribution is 2.26. The lowest BCUT2D eigenvalue weighted by Gasteiger charge is -2.28. The zero-order chi connectivity index (χ0) is 16.9. The van der Waals surface area contributed by atoms with Crippen LogP contribution in [0.1, 0.15) is 25.0 Å². The first-order chi connectivity index (χ1) is 11.6. The van der Waals surface area contributed by atoms with Crippen molar-refractivity contribution in [3.63, 3.8) is 0 Å². The third kappa shape index (κ3) is 4.30. The highest BCUT2D eigenvalue weighted by Gasteiger charge is 2.21. The number of rotatable bonds is 6. The van der Waals surface area contributed by atoms with Crippen molar-refractivity contribution in [3.05, 3.63) is 35.4 Å². The minimum atomic E-state index is 0.555. The van der Waals surface area contributed by atoms with Crippen LogP contribution in [0.4, 0.5) is 5.95 Å². The lowest BCUT2D eigenvalue weighted by Crippen LogP contribution is -2.38. The fourth-order valence-corrected chi connectivity index (χ4v) is 3.64. The van der Waals surface area contributed by atoms with Crippen molar-refractivity contribution in [2.24, 2.45) is 5.92 Å². The number of nitrogens with zero attached hydrogens (tertiary/aromatic N) is 4. The van der Waals surface area contributed by atoms with E-state index in [2.05, 4.69) is 64.7 Å². The molecule has 0 saturated carbocycles. The summed E-state index contributed by atoms with van der Waals surface area (Å²) in [6.45, 7) is 10.8. The minimum absolute atomic E-state index is 0.555. The van der Waals surface area contributed by atoms with Gasteiger partial charge in [-0.3, -0.25) is 4.57 Å². The van der Waals surface area contributed by atoms with Crippen molar-refractivity contribution in [1.82, 2.24) is 14.8 Å². The first-order valence-electron chi connectivity index (χ1n) is 8.57. The number of ether oxygens (including phenoxy) is 1. The van der Waals surface area contributed by atoms with Gasteiger partial charge in [0.1, 0.15) is 0 Å². The molecule has 2 aromatic rings. The van der Waals surface area contributed by atoms with E-state index in [4.69, 9.17) is 4.74 Å². The van der Waals surface area contributed by atoms with Gasteiger partial charge >= 0.3 is 0 Å². The number of anilines is 1. The maximum absolute atomic E-state index is 5.46. The molecule has 0 spiro atoms. The topological polar surface area (TPSA) is 43.2 Å². The molecule has 3 rings (SSSR count). The number of hydrogen-bond acceptors (Lipinski definition) is 5. The molecule has 6 heteroatoms. The van der Waals surface area contributed by atoms with Crippen LogP contribution < -0.4 is 4.90 Å². The van der Waals surface area contributed by atoms with E-state index in [1.807, 2.05) is 0 Å². The summed E-state index contributed by atoms with van der Waals surface area (Å²) in [4.78, 5) is 2.29. The first-order valence-corrected chi connectivity index (χ1v) is 9.56. The molecule has 130 valence electrons. The molecule has 0 unspecified atom stereocenters. The first kappa shape index (κ1) is 17.3. The Hall–Kier alpha value is -1.53. The summed E-state index contributed by atoms with van der Waals surface area (Å²) < 4.78 is 7.73. The summed E-state index contributed by atoms with van der Waals surface area (Å²) in [5.41, 5.74) is 2.61. The molecular weight excluding hydrogens is 320 g/mol. The maximum Gasteiger partial charge on any atom is 0.228 e. The minimum Gasteiger partial charge on any atom is -0.378 e. The molecule has 1 fully saturated rings. The van der Waals surface area contributed by atoms with Crippen LogP contribution in [0.25, 0.3) is 0 Å². The predicted octanol–water partition coefficient (Wildman–Crippen LogP) is 3.37. The molecule has 0 amide bonds. The molecule has 24 heavy (non-hydrogen) atoms. The standard InChI is InChI=1S/C18H26N4OS/c1-14(2)12-22-17(21-8-10-23-11-9-21)19-20-18(22)24-13-16-6-4-15(3)5-7-16/h4-7,14H,8-13H2,1-3H3. The molecule has 1 aliphatic heterocycles. The van der Waals surface area contributed by atoms with Crippen LogP contribution in [0.5, 0.6) is 0 Å². The lowest BCUT2D eigenvalue weighted by atomic mass is 10.2. The Bertz CT molecular complexity index is 648. The van der Waals surface area contributed by atoms with Gasteiger partial charge in [-0.05, 0) is 18.4 Å². The quantitative estimate of drug-likeness (QED) is 0.750. The van der Waals surface area contributed by atoms with Crippen molar-refractivity contribution in [3.8, 4) is 0 Å². The molecule has 0 atom stereocenters. The molecule has 0 bridgehead atoms. The Balaban J connectivity index is 1.76. The number of morpholine rings is 1. The highest BCUT2D eigenvalue weighted by molar-refractivity contribution is 7.98. The molecule has 1 saturated heterocycles. The van der Waals surface area contributed by atoms with Crippen molar-refractivity contribution in [2.45, 2.75) is 38.2 Å². The zero-order valence-electron chi connectivity index (χ0n) is 14.7. The van der Waals surface area contributed by atoms with Gasteiger partial charge in [-0.15, -0.1) is 10.2 Å². The second-order valence-corrected chi connectivity index (χ2v) is 7.60. The van der Waals surface area contributed by atoms with E-state index in [1.54, 1.807) is 11.8 Å². The third-order valence-electron chi connectivity index (χ3n) is 4.03. The Labute approximate surface area is 148 Å². The Kier molecular flexibility index (Phi) is 5.79. The number of aryl methyl sites for hydroxylation is 1. The van der Waals surface area contributed by atoms with Crippen LogP contribution >= 0.6 is 11.8 Å². The summed E-state index contributed by atoms with van der Waals surface area (Å²) >= 11 is 1.76. The van der Waals surface area contributed by atoms with Gasteiger partial charge in [0.25, 0.3) is 0 Å². The fraction of sp³-hybridized carbons (Fsp3) is 0.556. The van der Waals surface area contributed by atoms with Crippen LogP contribution in [0, 0.1) is 12.8 Å². The van der Waals surface area contributed by atoms with Gasteiger partial charge in [0.05, 0.1) is 13.2 Å². The lowest BCUT2D eigenvalue weighted by molar-refractivity contribution is 0.121. The molecule has 0 aliphatic carbocycles. The van der Waals surface area contributed by atoms with Crippen LogP contribution in [0.3, 0.4) is 0 Å². The summed E-state index contributed by atoms with van der Waals surface area (Å²) in [6, 6.07) is 8.70. The Morgan fingerprint density at radius 3 is 2.50 bits per heavy atom. The van der Waals surface area contributed by atoms with Gasteiger partial charge in [0.15, 0.2) is 5.16 Å².